The summed E-state index contributed by atoms with van der Waals surface area (Å²) in [5, 5.41) is 48.9. The van der Waals surface area contributed by atoms with Crippen LogP contribution in [0.2, 0.25) is 0 Å². The van der Waals surface area contributed by atoms with Crippen LogP contribution in [0.3, 0.4) is 0 Å². The van der Waals surface area contributed by atoms with Gasteiger partial charge in [0.25, 0.3) is 5.79 Å². The zero-order valence-electron chi connectivity index (χ0n) is 14.4. The number of hydrogen-bond donors (Lipinski definition) is 5. The summed E-state index contributed by atoms with van der Waals surface area (Å²) in [4.78, 5) is 23.7. The van der Waals surface area contributed by atoms with Gasteiger partial charge in [-0.05, 0) is 0 Å². The fourth-order valence-electron chi connectivity index (χ4n) is 2.89. The molecule has 1 aliphatic heterocycles. The number of terminal acetylenes is 1. The number of rotatable bonds is 7. The molecule has 0 aromatic heterocycles. The van der Waals surface area contributed by atoms with Crippen molar-refractivity contribution in [3.8, 4) is 12.3 Å². The second kappa shape index (κ2) is 9.05. The summed E-state index contributed by atoms with van der Waals surface area (Å²) in [6.07, 6.45) is 0.272. The maximum atomic E-state index is 12.4. The van der Waals surface area contributed by atoms with Gasteiger partial charge < -0.3 is 30.3 Å². The molecule has 6 unspecified atom stereocenters. The highest BCUT2D eigenvalue weighted by atomic mass is 16.7. The van der Waals surface area contributed by atoms with Gasteiger partial charge in [0.15, 0.2) is 5.87 Å². The van der Waals surface area contributed by atoms with Crippen LogP contribution in [0.1, 0.15) is 26.2 Å². The Labute approximate surface area is 150 Å². The van der Waals surface area contributed by atoms with E-state index in [2.05, 4.69) is 18.4 Å². The van der Waals surface area contributed by atoms with Gasteiger partial charge in [-0.25, -0.2) is 9.59 Å². The predicted molar refractivity (Wildman–Crippen MR) is 88.1 cm³/mol. The Bertz CT molecular complexity index is 635. The van der Waals surface area contributed by atoms with Gasteiger partial charge in [-0.15, -0.1) is 16.9 Å². The number of carbonyl (C=O) groups excluding carboxylic acids is 1. The van der Waals surface area contributed by atoms with Crippen molar-refractivity contribution in [1.82, 2.24) is 0 Å². The van der Waals surface area contributed by atoms with Crippen LogP contribution in [0.4, 0.5) is 0 Å². The predicted octanol–water partition coefficient (Wildman–Crippen LogP) is -1.92. The molecule has 6 atom stereocenters. The lowest BCUT2D eigenvalue weighted by Crippen LogP contribution is -2.64. The lowest BCUT2D eigenvalue weighted by molar-refractivity contribution is -0.529. The van der Waals surface area contributed by atoms with Crippen molar-refractivity contribution in [3.63, 3.8) is 0 Å². The molecule has 1 rings (SSSR count). The summed E-state index contributed by atoms with van der Waals surface area (Å²) in [5.41, 5.74) is 0. The Morgan fingerprint density at radius 1 is 1.50 bits per heavy atom. The molecule has 0 aliphatic carbocycles. The molecule has 1 fully saturated rings. The van der Waals surface area contributed by atoms with Crippen molar-refractivity contribution in [1.29, 1.82) is 0 Å². The number of hydrogen-bond acceptors (Lipinski definition) is 7. The first-order valence-electron chi connectivity index (χ1n) is 8.01. The first-order valence-corrected chi connectivity index (χ1v) is 8.01. The Hall–Kier alpha value is -2.05. The average molecular weight is 370 g/mol. The smallest absolute Gasteiger partial charge is 0.397 e. The number of aliphatic carboxylic acids is 1. The van der Waals surface area contributed by atoms with E-state index in [0.717, 1.165) is 4.58 Å². The number of aliphatic hydroxyl groups is 4. The van der Waals surface area contributed by atoms with Gasteiger partial charge >= 0.3 is 11.9 Å². The normalized spacial score (nSPS) is 30.5. The standard InChI is InChI=1S/C17H23NO8/c1-4-6-7-13(22)18(5-2)14-11(20)8-17(25,16(23)24)26-15(14)10(3)12(21)9-19/h1,10-12,14-15,19-21,25H,2,6-9H2,3H3/p+1. The topological polar surface area (TPSA) is 148 Å². The van der Waals surface area contributed by atoms with Crippen LogP contribution < -0.4 is 0 Å². The summed E-state index contributed by atoms with van der Waals surface area (Å²) < 4.78 is 6.20. The fourth-order valence-corrected chi connectivity index (χ4v) is 2.89. The largest absolute Gasteiger partial charge is 0.477 e. The van der Waals surface area contributed by atoms with Crippen molar-refractivity contribution >= 4 is 17.7 Å². The lowest BCUT2D eigenvalue weighted by Gasteiger charge is -2.42. The molecule has 0 bridgehead atoms. The Morgan fingerprint density at radius 3 is 2.58 bits per heavy atom. The number of aliphatic hydroxyl groups excluding tert-OH is 3. The van der Waals surface area contributed by atoms with Crippen molar-refractivity contribution < 1.29 is 44.4 Å². The van der Waals surface area contributed by atoms with Crippen molar-refractivity contribution in [2.75, 3.05) is 6.61 Å². The molecule has 0 aromatic carbocycles. The van der Waals surface area contributed by atoms with Crippen LogP contribution in [-0.4, -0.2) is 84.6 Å². The second-order valence-electron chi connectivity index (χ2n) is 6.17. The highest BCUT2D eigenvalue weighted by Crippen LogP contribution is 2.34. The van der Waals surface area contributed by atoms with E-state index in [4.69, 9.17) is 11.2 Å². The SMILES string of the molecule is C#CCCC(=O)[N+](=C=C)C1C(O)CC(O)(C(=O)O)OC1C(C)C(O)CO. The van der Waals surface area contributed by atoms with E-state index in [9.17, 15) is 35.1 Å². The van der Waals surface area contributed by atoms with Crippen molar-refractivity contribution in [3.05, 3.63) is 6.58 Å². The Morgan fingerprint density at radius 2 is 2.12 bits per heavy atom. The molecule has 9 heteroatoms. The molecule has 144 valence electrons. The van der Waals surface area contributed by atoms with Gasteiger partial charge in [-0.2, -0.15) is 0 Å². The molecule has 1 saturated heterocycles. The number of ether oxygens (including phenoxy) is 1. The third kappa shape index (κ3) is 4.56. The molecule has 1 heterocycles. The maximum Gasteiger partial charge on any atom is 0.397 e. The monoisotopic (exact) mass is 370 g/mol. The van der Waals surface area contributed by atoms with E-state index in [1.54, 1.807) is 0 Å². The highest BCUT2D eigenvalue weighted by Gasteiger charge is 2.58. The van der Waals surface area contributed by atoms with Gasteiger partial charge in [0.05, 0.1) is 19.1 Å². The molecule has 1 amide bonds. The summed E-state index contributed by atoms with van der Waals surface area (Å²) >= 11 is 0. The van der Waals surface area contributed by atoms with Crippen molar-refractivity contribution in [2.24, 2.45) is 5.92 Å². The number of carbonyl (C=O) groups is 2. The maximum absolute atomic E-state index is 12.4. The Balaban J connectivity index is 3.32. The van der Waals surface area contributed by atoms with Gasteiger partial charge in [0.2, 0.25) is 6.04 Å². The summed E-state index contributed by atoms with van der Waals surface area (Å²) in [6.45, 7) is 4.16. The van der Waals surface area contributed by atoms with E-state index >= 15 is 0 Å². The summed E-state index contributed by atoms with van der Waals surface area (Å²) in [6, 6.07) is -1.19. The summed E-state index contributed by atoms with van der Waals surface area (Å²) in [7, 11) is 0. The highest BCUT2D eigenvalue weighted by molar-refractivity contribution is 5.75. The fraction of sp³-hybridized carbons (Fsp3) is 0.647. The van der Waals surface area contributed by atoms with E-state index in [1.807, 2.05) is 0 Å². The molecule has 1 aliphatic rings. The van der Waals surface area contributed by atoms with Gasteiger partial charge in [0.1, 0.15) is 12.2 Å². The molecular formula is C17H24NO8+. The minimum absolute atomic E-state index is 0.0743. The van der Waals surface area contributed by atoms with E-state index in [-0.39, 0.29) is 12.8 Å². The Kier molecular flexibility index (Phi) is 7.66. The van der Waals surface area contributed by atoms with Crippen molar-refractivity contribution in [2.45, 2.75) is 56.3 Å². The van der Waals surface area contributed by atoms with E-state index in [1.165, 1.54) is 6.92 Å². The molecule has 0 radical (unpaired) electrons. The second-order valence-corrected chi connectivity index (χ2v) is 6.17. The molecule has 9 nitrogen and oxygen atoms in total. The minimum atomic E-state index is -2.71. The van der Waals surface area contributed by atoms with Crippen LogP contribution >= 0.6 is 0 Å². The minimum Gasteiger partial charge on any atom is -0.477 e. The molecule has 0 saturated carbocycles. The lowest BCUT2D eigenvalue weighted by atomic mass is 9.84. The number of carboxylic acid groups (broad SMARTS) is 1. The van der Waals surface area contributed by atoms with Crippen LogP contribution in [0, 0.1) is 18.3 Å². The van der Waals surface area contributed by atoms with Gasteiger partial charge in [-0.1, -0.05) is 6.92 Å². The molecule has 0 aromatic rings. The molecule has 26 heavy (non-hydrogen) atoms. The van der Waals surface area contributed by atoms with E-state index < -0.39 is 61.0 Å². The van der Waals surface area contributed by atoms with Crippen LogP contribution in [-0.2, 0) is 14.3 Å². The van der Waals surface area contributed by atoms with Gasteiger partial charge in [-0.3, -0.25) is 0 Å². The number of nitrogens with zero attached hydrogens (tertiary/aromatic N) is 1. The summed E-state index contributed by atoms with van der Waals surface area (Å²) in [5.74, 6) is -1.25. The first-order chi connectivity index (χ1) is 12.1. The van der Waals surface area contributed by atoms with Crippen LogP contribution in [0.5, 0.6) is 0 Å². The van der Waals surface area contributed by atoms with Crippen LogP contribution in [0.25, 0.3) is 0 Å². The third-order valence-corrected chi connectivity index (χ3v) is 4.41. The molecular weight excluding hydrogens is 346 g/mol. The average Bonchev–Trinajstić information content (AvgIpc) is 2.60. The van der Waals surface area contributed by atoms with Crippen LogP contribution in [0.15, 0.2) is 6.58 Å². The first kappa shape index (κ1) is 22.0. The molecule has 0 spiro atoms. The number of amides is 1. The third-order valence-electron chi connectivity index (χ3n) is 4.41. The van der Waals surface area contributed by atoms with E-state index in [0.29, 0.717) is 0 Å². The zero-order chi connectivity index (χ0) is 20.1. The van der Waals surface area contributed by atoms with Gasteiger partial charge in [0, 0.05) is 25.3 Å². The number of carboxylic acids is 1. The quantitative estimate of drug-likeness (QED) is 0.198. The molecule has 5 N–H and O–H groups in total. The zero-order valence-corrected chi connectivity index (χ0v) is 14.4.